The number of thiophene rings is 1. The maximum absolute atomic E-state index is 12.2. The van der Waals surface area contributed by atoms with Crippen molar-refractivity contribution in [3.8, 4) is 6.07 Å². The van der Waals surface area contributed by atoms with Gasteiger partial charge in [0.1, 0.15) is 11.6 Å². The van der Waals surface area contributed by atoms with Gasteiger partial charge in [0.2, 0.25) is 0 Å². The highest BCUT2D eigenvalue weighted by Crippen LogP contribution is 2.27. The summed E-state index contributed by atoms with van der Waals surface area (Å²) in [5.74, 6) is -3.24. The monoisotopic (exact) mass is 381 g/mol. The summed E-state index contributed by atoms with van der Waals surface area (Å²) in [6.45, 7) is 0. The number of halogens is 2. The Kier molecular flexibility index (Phi) is 6.21. The number of alkyl halides is 2. The van der Waals surface area contributed by atoms with Gasteiger partial charge in [-0.1, -0.05) is 23.1 Å². The number of hydrogen-bond donors (Lipinski definition) is 1. The van der Waals surface area contributed by atoms with Gasteiger partial charge in [-0.05, 0) is 35.9 Å². The third-order valence-electron chi connectivity index (χ3n) is 2.80. The molecule has 0 aliphatic heterocycles. The maximum Gasteiger partial charge on any atom is 0.324 e. The quantitative estimate of drug-likeness (QED) is 0.261. The summed E-state index contributed by atoms with van der Waals surface area (Å²) >= 11 is 1.26. The minimum absolute atomic E-state index is 0.101. The minimum atomic E-state index is -2.54. The van der Waals surface area contributed by atoms with E-state index >= 15 is 0 Å². The van der Waals surface area contributed by atoms with E-state index in [-0.39, 0.29) is 10.6 Å². The molecule has 0 fully saturated rings. The molecular weight excluding hydrogens is 372 g/mol. The Hall–Kier alpha value is -2.77. The zero-order valence-electron chi connectivity index (χ0n) is 12.3. The van der Waals surface area contributed by atoms with Crippen molar-refractivity contribution < 1.29 is 18.5 Å². The van der Waals surface area contributed by atoms with Crippen molar-refractivity contribution in [3.05, 3.63) is 57.0 Å². The van der Waals surface area contributed by atoms with Crippen LogP contribution in [0.3, 0.4) is 0 Å². The molecule has 0 saturated carbocycles. The summed E-state index contributed by atoms with van der Waals surface area (Å²) in [6, 6.07) is 8.70. The Labute approximate surface area is 148 Å². The van der Waals surface area contributed by atoms with Crippen LogP contribution in [0.4, 0.5) is 19.5 Å². The first-order valence-corrected chi connectivity index (χ1v) is 8.36. The summed E-state index contributed by atoms with van der Waals surface area (Å²) in [7, 11) is 0. The first-order chi connectivity index (χ1) is 11.9. The van der Waals surface area contributed by atoms with E-state index in [0.717, 1.165) is 11.3 Å². The second-order valence-corrected chi connectivity index (χ2v) is 6.46. The molecule has 0 aliphatic rings. The van der Waals surface area contributed by atoms with Crippen LogP contribution in [0.15, 0.2) is 46.2 Å². The first-order valence-electron chi connectivity index (χ1n) is 6.60. The van der Waals surface area contributed by atoms with E-state index in [1.807, 2.05) is 0 Å². The van der Waals surface area contributed by atoms with Gasteiger partial charge in [0.05, 0.1) is 4.92 Å². The fourth-order valence-electron chi connectivity index (χ4n) is 1.74. The maximum atomic E-state index is 12.2. The number of anilines is 1. The highest BCUT2D eigenvalue weighted by Gasteiger charge is 2.13. The topological polar surface area (TPSA) is 96.0 Å². The Morgan fingerprint density at radius 3 is 2.60 bits per heavy atom. The molecule has 0 radical (unpaired) electrons. The Balaban J connectivity index is 2.10. The molecule has 0 bridgehead atoms. The summed E-state index contributed by atoms with van der Waals surface area (Å²) in [6.07, 6.45) is 1.24. The number of amides is 1. The molecule has 2 rings (SSSR count). The van der Waals surface area contributed by atoms with Crippen LogP contribution in [0.25, 0.3) is 6.08 Å². The average Bonchev–Trinajstić information content (AvgIpc) is 3.03. The summed E-state index contributed by atoms with van der Waals surface area (Å²) in [5, 5.41) is 23.6. The average molecular weight is 381 g/mol. The van der Waals surface area contributed by atoms with Gasteiger partial charge in [0.15, 0.2) is 0 Å². The normalized spacial score (nSPS) is 11.2. The number of carbonyl (C=O) groups excluding carboxylic acids is 1. The molecule has 0 aliphatic carbocycles. The molecule has 10 heteroatoms. The highest BCUT2D eigenvalue weighted by atomic mass is 32.2. The molecule has 0 unspecified atom stereocenters. The van der Waals surface area contributed by atoms with E-state index in [9.17, 15) is 23.7 Å². The number of thioether (sulfide) groups is 1. The lowest BCUT2D eigenvalue weighted by atomic mass is 10.2. The van der Waals surface area contributed by atoms with Gasteiger partial charge in [0.25, 0.3) is 11.7 Å². The standard InChI is InChI=1S/C15H9F2N3O3S2/c16-15(17)25-12-3-1-11(2-4-12)19-14(21)10(7-18)5-9-6-13(20(22)23)24-8-9/h1-6,8,15H,(H,19,21)/b10-5+. The number of carbonyl (C=O) groups is 1. The van der Waals surface area contributed by atoms with Crippen molar-refractivity contribution in [1.29, 1.82) is 5.26 Å². The molecule has 1 aromatic carbocycles. The van der Waals surface area contributed by atoms with E-state index in [4.69, 9.17) is 5.26 Å². The van der Waals surface area contributed by atoms with Crippen LogP contribution < -0.4 is 5.32 Å². The van der Waals surface area contributed by atoms with E-state index in [1.165, 1.54) is 41.8 Å². The Morgan fingerprint density at radius 2 is 2.08 bits per heavy atom. The lowest BCUT2D eigenvalue weighted by Crippen LogP contribution is -2.13. The first kappa shape index (κ1) is 18.6. The Morgan fingerprint density at radius 1 is 1.40 bits per heavy atom. The van der Waals surface area contributed by atoms with Crippen LogP contribution in [-0.4, -0.2) is 16.6 Å². The van der Waals surface area contributed by atoms with Gasteiger partial charge in [-0.3, -0.25) is 14.9 Å². The van der Waals surface area contributed by atoms with Crippen molar-refractivity contribution in [2.24, 2.45) is 0 Å². The summed E-state index contributed by atoms with van der Waals surface area (Å²) in [4.78, 5) is 22.5. The van der Waals surface area contributed by atoms with Gasteiger partial charge < -0.3 is 5.32 Å². The predicted molar refractivity (Wildman–Crippen MR) is 91.5 cm³/mol. The van der Waals surface area contributed by atoms with Gasteiger partial charge in [-0.25, -0.2) is 0 Å². The number of benzene rings is 1. The largest absolute Gasteiger partial charge is 0.324 e. The summed E-state index contributed by atoms with van der Waals surface area (Å²) in [5.41, 5.74) is 0.465. The van der Waals surface area contributed by atoms with Crippen LogP contribution in [0.1, 0.15) is 5.56 Å². The minimum Gasteiger partial charge on any atom is -0.321 e. The summed E-state index contributed by atoms with van der Waals surface area (Å²) < 4.78 is 24.5. The molecule has 25 heavy (non-hydrogen) atoms. The number of hydrogen-bond acceptors (Lipinski definition) is 6. The molecule has 0 saturated heterocycles. The predicted octanol–water partition coefficient (Wildman–Crippen LogP) is 4.52. The molecular formula is C15H9F2N3O3S2. The lowest BCUT2D eigenvalue weighted by molar-refractivity contribution is -0.380. The zero-order chi connectivity index (χ0) is 18.4. The fourth-order valence-corrected chi connectivity index (χ4v) is 2.93. The molecule has 0 atom stereocenters. The van der Waals surface area contributed by atoms with Gasteiger partial charge in [0, 0.05) is 22.0 Å². The molecule has 2 aromatic rings. The van der Waals surface area contributed by atoms with E-state index in [2.05, 4.69) is 5.32 Å². The molecule has 0 spiro atoms. The number of rotatable bonds is 6. The highest BCUT2D eigenvalue weighted by molar-refractivity contribution is 7.99. The van der Waals surface area contributed by atoms with Gasteiger partial charge in [-0.15, -0.1) is 0 Å². The van der Waals surface area contributed by atoms with Crippen LogP contribution in [-0.2, 0) is 4.79 Å². The molecule has 6 nitrogen and oxygen atoms in total. The smallest absolute Gasteiger partial charge is 0.321 e. The number of nitrogens with zero attached hydrogens (tertiary/aromatic N) is 2. The second-order valence-electron chi connectivity index (χ2n) is 4.50. The number of nitro groups is 1. The Bertz CT molecular complexity index is 858. The molecule has 1 N–H and O–H groups in total. The van der Waals surface area contributed by atoms with Crippen LogP contribution in [0.5, 0.6) is 0 Å². The number of nitriles is 1. The van der Waals surface area contributed by atoms with Crippen molar-refractivity contribution in [2.75, 3.05) is 5.32 Å². The van der Waals surface area contributed by atoms with Crippen molar-refractivity contribution in [3.63, 3.8) is 0 Å². The van der Waals surface area contributed by atoms with Gasteiger partial charge >= 0.3 is 5.00 Å². The molecule has 1 amide bonds. The second kappa shape index (κ2) is 8.36. The molecule has 1 heterocycles. The third-order valence-corrected chi connectivity index (χ3v) is 4.42. The number of nitrogens with one attached hydrogen (secondary N) is 1. The SMILES string of the molecule is N#C/C(=C\c1csc([N+](=O)[O-])c1)C(=O)Nc1ccc(SC(F)F)cc1. The van der Waals surface area contributed by atoms with Crippen LogP contribution in [0.2, 0.25) is 0 Å². The lowest BCUT2D eigenvalue weighted by Gasteiger charge is -2.05. The van der Waals surface area contributed by atoms with Crippen LogP contribution in [0, 0.1) is 21.4 Å². The molecule has 128 valence electrons. The van der Waals surface area contributed by atoms with E-state index in [1.54, 1.807) is 6.07 Å². The fraction of sp³-hybridized carbons (Fsp3) is 0.0667. The van der Waals surface area contributed by atoms with Crippen molar-refractivity contribution in [2.45, 2.75) is 10.7 Å². The zero-order valence-corrected chi connectivity index (χ0v) is 13.9. The van der Waals surface area contributed by atoms with Gasteiger partial charge in [-0.2, -0.15) is 14.0 Å². The van der Waals surface area contributed by atoms with E-state index in [0.29, 0.717) is 27.9 Å². The van der Waals surface area contributed by atoms with Crippen molar-refractivity contribution in [1.82, 2.24) is 0 Å². The van der Waals surface area contributed by atoms with Crippen molar-refractivity contribution >= 4 is 45.8 Å². The molecule has 1 aromatic heterocycles. The van der Waals surface area contributed by atoms with Crippen LogP contribution >= 0.6 is 23.1 Å². The third kappa shape index (κ3) is 5.37. The van der Waals surface area contributed by atoms with E-state index < -0.39 is 16.6 Å².